The molecule has 0 saturated carbocycles. The molecular weight excluding hydrogens is 449 g/mol. The van der Waals surface area contributed by atoms with Crippen LogP contribution in [0.1, 0.15) is 24.4 Å². The quantitative estimate of drug-likeness (QED) is 0.677. The lowest BCUT2D eigenvalue weighted by atomic mass is 9.93. The van der Waals surface area contributed by atoms with E-state index in [2.05, 4.69) is 9.97 Å². The van der Waals surface area contributed by atoms with Crippen molar-refractivity contribution in [3.8, 4) is 0 Å². The van der Waals surface area contributed by atoms with Crippen molar-refractivity contribution < 1.29 is 31.2 Å². The molecule has 12 heteroatoms. The highest BCUT2D eigenvalue weighted by atomic mass is 32.2. The molecule has 172 valence electrons. The highest BCUT2D eigenvalue weighted by molar-refractivity contribution is 7.90. The number of benzene rings is 1. The summed E-state index contributed by atoms with van der Waals surface area (Å²) >= 11 is 0. The lowest BCUT2D eigenvalue weighted by Gasteiger charge is -2.36. The van der Waals surface area contributed by atoms with Crippen LogP contribution in [0.15, 0.2) is 35.5 Å². The van der Waals surface area contributed by atoms with Gasteiger partial charge in [-0.2, -0.15) is 0 Å². The molecule has 32 heavy (non-hydrogen) atoms. The zero-order chi connectivity index (χ0) is 23.0. The van der Waals surface area contributed by atoms with Gasteiger partial charge in [-0.25, -0.2) is 36.6 Å². The predicted octanol–water partition coefficient (Wildman–Crippen LogP) is 2.23. The Kier molecular flexibility index (Phi) is 6.08. The molecule has 1 unspecified atom stereocenters. The highest BCUT2D eigenvalue weighted by Gasteiger charge is 2.42. The molecular formula is C20H21F3N4O4S. The molecule has 3 heterocycles. The third kappa shape index (κ3) is 4.56. The summed E-state index contributed by atoms with van der Waals surface area (Å²) < 4.78 is 65.3. The average Bonchev–Trinajstić information content (AvgIpc) is 3.22. The van der Waals surface area contributed by atoms with E-state index < -0.39 is 45.5 Å². The third-order valence-corrected chi connectivity index (χ3v) is 6.64. The highest BCUT2D eigenvalue weighted by Crippen LogP contribution is 2.35. The second-order valence-electron chi connectivity index (χ2n) is 7.85. The number of hydrogen-bond donors (Lipinski definition) is 0. The first kappa shape index (κ1) is 22.5. The fourth-order valence-corrected chi connectivity index (χ4v) is 4.44. The van der Waals surface area contributed by atoms with Gasteiger partial charge in [0.25, 0.3) is 5.91 Å². The minimum Gasteiger partial charge on any atom is -0.338 e. The van der Waals surface area contributed by atoms with Gasteiger partial charge < -0.3 is 4.90 Å². The number of amides is 1. The molecule has 2 saturated heterocycles. The Morgan fingerprint density at radius 1 is 1.12 bits per heavy atom. The number of carbonyl (C=O) groups excluding carboxylic acids is 1. The van der Waals surface area contributed by atoms with E-state index in [9.17, 15) is 26.4 Å². The van der Waals surface area contributed by atoms with Crippen LogP contribution in [0.5, 0.6) is 0 Å². The van der Waals surface area contributed by atoms with Crippen molar-refractivity contribution in [3.05, 3.63) is 47.8 Å². The van der Waals surface area contributed by atoms with E-state index in [0.717, 1.165) is 41.9 Å². The molecule has 0 aliphatic carbocycles. The molecule has 1 amide bonds. The Morgan fingerprint density at radius 2 is 1.78 bits per heavy atom. The van der Waals surface area contributed by atoms with Crippen molar-refractivity contribution in [2.75, 3.05) is 30.9 Å². The maximum Gasteiger partial charge on any atom is 0.252 e. The summed E-state index contributed by atoms with van der Waals surface area (Å²) in [5, 5.41) is 1.03. The third-order valence-electron chi connectivity index (χ3n) is 5.58. The van der Waals surface area contributed by atoms with Gasteiger partial charge in [0.2, 0.25) is 5.95 Å². The van der Waals surface area contributed by atoms with Crippen LogP contribution in [-0.2, 0) is 19.5 Å². The van der Waals surface area contributed by atoms with E-state index in [4.69, 9.17) is 4.84 Å². The van der Waals surface area contributed by atoms with Crippen molar-refractivity contribution in [1.82, 2.24) is 15.0 Å². The number of carbonyl (C=O) groups is 1. The van der Waals surface area contributed by atoms with Crippen LogP contribution in [-0.4, -0.2) is 61.5 Å². The van der Waals surface area contributed by atoms with Gasteiger partial charge in [-0.1, -0.05) is 0 Å². The first-order chi connectivity index (χ1) is 15.1. The molecule has 4 rings (SSSR count). The van der Waals surface area contributed by atoms with Crippen molar-refractivity contribution in [2.45, 2.75) is 30.0 Å². The summed E-state index contributed by atoms with van der Waals surface area (Å²) in [5.74, 6) is -2.95. The van der Waals surface area contributed by atoms with Gasteiger partial charge in [-0.3, -0.25) is 9.63 Å². The number of piperidine rings is 1. The number of halogens is 3. The second kappa shape index (κ2) is 8.66. The van der Waals surface area contributed by atoms with Crippen molar-refractivity contribution in [3.63, 3.8) is 0 Å². The summed E-state index contributed by atoms with van der Waals surface area (Å²) in [6.07, 6.45) is 2.26. The summed E-state index contributed by atoms with van der Waals surface area (Å²) in [4.78, 5) is 27.9. The van der Waals surface area contributed by atoms with E-state index in [0.29, 0.717) is 6.42 Å². The maximum atomic E-state index is 15.0. The van der Waals surface area contributed by atoms with Crippen molar-refractivity contribution in [2.24, 2.45) is 5.92 Å². The number of alkyl halides is 1. The molecule has 0 N–H and O–H groups in total. The summed E-state index contributed by atoms with van der Waals surface area (Å²) in [7, 11) is -3.45. The van der Waals surface area contributed by atoms with Gasteiger partial charge in [0, 0.05) is 25.3 Å². The number of hydroxylamine groups is 2. The monoisotopic (exact) mass is 470 g/mol. The zero-order valence-corrected chi connectivity index (χ0v) is 17.9. The number of rotatable bonds is 4. The minimum absolute atomic E-state index is 0.0471. The molecule has 0 bridgehead atoms. The van der Waals surface area contributed by atoms with E-state index in [1.165, 1.54) is 4.90 Å². The number of anilines is 1. The summed E-state index contributed by atoms with van der Waals surface area (Å²) in [6.45, 7) is 0.273. The maximum absolute atomic E-state index is 15.0. The lowest BCUT2D eigenvalue weighted by Crippen LogP contribution is -2.49. The Bertz CT molecular complexity index is 1100. The average molecular weight is 470 g/mol. The zero-order valence-electron chi connectivity index (χ0n) is 17.1. The summed E-state index contributed by atoms with van der Waals surface area (Å²) in [6, 6.07) is 2.30. The number of hydrogen-bond acceptors (Lipinski definition) is 7. The van der Waals surface area contributed by atoms with Crippen LogP contribution >= 0.6 is 0 Å². The number of sulfone groups is 1. The number of nitrogens with zero attached hydrogens (tertiary/aromatic N) is 4. The fourth-order valence-electron chi connectivity index (χ4n) is 3.95. The van der Waals surface area contributed by atoms with Crippen molar-refractivity contribution in [1.29, 1.82) is 0 Å². The van der Waals surface area contributed by atoms with Crippen LogP contribution < -0.4 is 4.90 Å². The SMILES string of the molecule is CS(=O)(=O)c1cnc(N2CC[C@H](C(=O)N3OCCC3c3cc(F)cc(F)c3)[C@H](F)C2)nc1. The molecule has 2 aliphatic rings. The molecule has 1 aromatic heterocycles. The first-order valence-corrected chi connectivity index (χ1v) is 11.9. The predicted molar refractivity (Wildman–Crippen MR) is 107 cm³/mol. The molecule has 2 aromatic rings. The smallest absolute Gasteiger partial charge is 0.252 e. The molecule has 0 radical (unpaired) electrons. The van der Waals surface area contributed by atoms with Gasteiger partial charge in [0.05, 0.1) is 37.5 Å². The Labute approximate surface area is 182 Å². The fraction of sp³-hybridized carbons (Fsp3) is 0.450. The Hall–Kier alpha value is -2.73. The van der Waals surface area contributed by atoms with E-state index in [1.807, 2.05) is 0 Å². The van der Waals surface area contributed by atoms with E-state index in [-0.39, 0.29) is 42.5 Å². The molecule has 2 fully saturated rings. The van der Waals surface area contributed by atoms with Gasteiger partial charge >= 0.3 is 0 Å². The molecule has 8 nitrogen and oxygen atoms in total. The molecule has 1 aromatic carbocycles. The molecule has 3 atom stereocenters. The van der Waals surface area contributed by atoms with Gasteiger partial charge in [0.15, 0.2) is 9.84 Å². The largest absolute Gasteiger partial charge is 0.338 e. The minimum atomic E-state index is -3.45. The van der Waals surface area contributed by atoms with E-state index in [1.54, 1.807) is 0 Å². The van der Waals surface area contributed by atoms with E-state index >= 15 is 0 Å². The van der Waals surface area contributed by atoms with Crippen LogP contribution in [0.4, 0.5) is 19.1 Å². The van der Waals surface area contributed by atoms with Crippen LogP contribution in [0.2, 0.25) is 0 Å². The Balaban J connectivity index is 1.45. The normalized spacial score (nSPS) is 24.1. The first-order valence-electron chi connectivity index (χ1n) is 9.96. The molecule has 0 spiro atoms. The lowest BCUT2D eigenvalue weighted by molar-refractivity contribution is -0.184. The standard InChI is InChI=1S/C20H21F3N4O4S/c1-32(29,30)15-9-24-20(25-10-15)26-4-2-16(17(23)11-26)19(28)27-18(3-5-31-27)12-6-13(21)8-14(22)7-12/h6-10,16-18H,2-5,11H2,1H3/t16-,17+,18?/m0/s1. The number of aromatic nitrogens is 2. The molecule has 2 aliphatic heterocycles. The van der Waals surface area contributed by atoms with Crippen LogP contribution in [0.3, 0.4) is 0 Å². The van der Waals surface area contributed by atoms with Crippen LogP contribution in [0, 0.1) is 17.6 Å². The topological polar surface area (TPSA) is 92.7 Å². The Morgan fingerprint density at radius 3 is 2.38 bits per heavy atom. The van der Waals surface area contributed by atoms with Gasteiger partial charge in [0.1, 0.15) is 22.7 Å². The van der Waals surface area contributed by atoms with Crippen LogP contribution in [0.25, 0.3) is 0 Å². The second-order valence-corrected chi connectivity index (χ2v) is 9.87. The summed E-state index contributed by atoms with van der Waals surface area (Å²) in [5.41, 5.74) is 0.251. The van der Waals surface area contributed by atoms with Gasteiger partial charge in [-0.15, -0.1) is 0 Å². The van der Waals surface area contributed by atoms with Gasteiger partial charge in [-0.05, 0) is 24.1 Å². The van der Waals surface area contributed by atoms with Crippen molar-refractivity contribution >= 4 is 21.7 Å².